The molecule has 0 radical (unpaired) electrons. The van der Waals surface area contributed by atoms with Crippen LogP contribution in [0, 0.1) is 0 Å². The maximum atomic E-state index is 12.6. The summed E-state index contributed by atoms with van der Waals surface area (Å²) >= 11 is 0. The van der Waals surface area contributed by atoms with Gasteiger partial charge in [0.2, 0.25) is 0 Å². The van der Waals surface area contributed by atoms with Crippen molar-refractivity contribution in [2.45, 2.75) is 192 Å². The molecule has 0 aliphatic carbocycles. The normalized spacial score (nSPS) is 14.0. The summed E-state index contributed by atoms with van der Waals surface area (Å²) in [5.41, 5.74) is 0. The minimum absolute atomic E-state index is 0.176. The summed E-state index contributed by atoms with van der Waals surface area (Å²) in [5, 5.41) is 18.3. The molecule has 0 aliphatic rings. The molecule has 0 saturated heterocycles. The molecule has 0 aromatic heterocycles. The van der Waals surface area contributed by atoms with Crippen molar-refractivity contribution in [3.8, 4) is 0 Å². The highest BCUT2D eigenvalue weighted by atomic mass is 31.2. The van der Waals surface area contributed by atoms with Gasteiger partial charge in [-0.15, -0.1) is 6.58 Å². The summed E-state index contributed by atoms with van der Waals surface area (Å²) in [7, 11) is -4.62. The summed E-state index contributed by atoms with van der Waals surface area (Å²) in [6.45, 7) is 3.85. The number of phosphoric acid groups is 1. The highest BCUT2D eigenvalue weighted by molar-refractivity contribution is 7.47. The van der Waals surface area contributed by atoms with Crippen LogP contribution in [0.4, 0.5) is 0 Å². The molecule has 3 N–H and O–H groups in total. The van der Waals surface area contributed by atoms with Gasteiger partial charge < -0.3 is 24.6 Å². The van der Waals surface area contributed by atoms with Gasteiger partial charge in [-0.3, -0.25) is 18.6 Å². The van der Waals surface area contributed by atoms with Gasteiger partial charge in [0.05, 0.1) is 19.8 Å². The molecule has 0 heterocycles. The van der Waals surface area contributed by atoms with Crippen LogP contribution in [0.2, 0.25) is 0 Å². The van der Waals surface area contributed by atoms with Gasteiger partial charge in [-0.2, -0.15) is 0 Å². The number of carbonyl (C=O) groups is 2. The fourth-order valence-electron chi connectivity index (χ4n) is 5.65. The molecule has 0 amide bonds. The third kappa shape index (κ3) is 38.3. The Hall–Kier alpha value is -1.81. The number of unbranched alkanes of at least 4 members (excludes halogenated alkanes) is 21. The summed E-state index contributed by atoms with van der Waals surface area (Å²) in [6, 6.07) is 0. The molecule has 310 valence electrons. The van der Waals surface area contributed by atoms with Crippen molar-refractivity contribution >= 4 is 19.8 Å². The lowest BCUT2D eigenvalue weighted by Crippen LogP contribution is -2.29. The number of rotatable bonds is 40. The summed E-state index contributed by atoms with van der Waals surface area (Å²) in [5.74, 6) is -0.964. The number of esters is 2. The Morgan fingerprint density at radius 1 is 0.623 bits per heavy atom. The molecule has 10 nitrogen and oxygen atoms in total. The molecule has 11 heteroatoms. The molecule has 0 bridgehead atoms. The smallest absolute Gasteiger partial charge is 0.462 e. The molecular formula is C42H77O10P. The zero-order valence-corrected chi connectivity index (χ0v) is 34.2. The second-order valence-electron chi connectivity index (χ2n) is 14.1. The number of aliphatic hydroxyl groups excluding tert-OH is 2. The van der Waals surface area contributed by atoms with E-state index < -0.39 is 51.8 Å². The van der Waals surface area contributed by atoms with Gasteiger partial charge in [0, 0.05) is 12.8 Å². The Morgan fingerprint density at radius 3 is 1.62 bits per heavy atom. The summed E-state index contributed by atoms with van der Waals surface area (Å²) in [6.07, 6.45) is 37.2. The predicted molar refractivity (Wildman–Crippen MR) is 214 cm³/mol. The van der Waals surface area contributed by atoms with Crippen molar-refractivity contribution in [1.82, 2.24) is 0 Å². The molecule has 3 atom stereocenters. The van der Waals surface area contributed by atoms with E-state index in [4.69, 9.17) is 19.1 Å². The second kappa shape index (κ2) is 38.5. The Bertz CT molecular complexity index is 970. The number of aliphatic hydroxyl groups is 2. The largest absolute Gasteiger partial charge is 0.472 e. The third-order valence-corrected chi connectivity index (χ3v) is 9.86. The summed E-state index contributed by atoms with van der Waals surface area (Å²) < 4.78 is 32.6. The maximum absolute atomic E-state index is 12.6. The molecule has 53 heavy (non-hydrogen) atoms. The molecule has 0 rings (SSSR count). The first-order valence-electron chi connectivity index (χ1n) is 20.9. The average Bonchev–Trinajstić information content (AvgIpc) is 3.14. The fraction of sp³-hybridized carbons (Fsp3) is 0.810. The number of ether oxygens (including phenoxy) is 2. The van der Waals surface area contributed by atoms with Crippen molar-refractivity contribution in [3.05, 3.63) is 37.0 Å². The predicted octanol–water partition coefficient (Wildman–Crippen LogP) is 10.8. The van der Waals surface area contributed by atoms with Crippen LogP contribution < -0.4 is 0 Å². The molecule has 0 fully saturated rings. The first-order chi connectivity index (χ1) is 25.7. The zero-order valence-electron chi connectivity index (χ0n) is 33.3. The van der Waals surface area contributed by atoms with E-state index in [1.165, 1.54) is 96.3 Å². The van der Waals surface area contributed by atoms with E-state index >= 15 is 0 Å². The molecule has 0 saturated carbocycles. The van der Waals surface area contributed by atoms with Gasteiger partial charge in [-0.05, 0) is 57.8 Å². The van der Waals surface area contributed by atoms with Crippen LogP contribution in [0.3, 0.4) is 0 Å². The van der Waals surface area contributed by atoms with E-state index in [2.05, 4.69) is 42.3 Å². The Labute approximate surface area is 322 Å². The van der Waals surface area contributed by atoms with Gasteiger partial charge in [0.1, 0.15) is 12.7 Å². The van der Waals surface area contributed by atoms with Crippen LogP contribution in [-0.4, -0.2) is 65.7 Å². The second-order valence-corrected chi connectivity index (χ2v) is 15.5. The number of phosphoric ester groups is 1. The standard InChI is InChI=1S/C42H77O10P/c1-3-5-7-9-11-13-15-17-19-21-23-25-27-29-31-33-41(45)49-37-40(38-51-53(47,48)50-36-39(44)35-43)52-42(46)34-32-30-28-26-24-22-20-18-16-14-12-10-8-6-4-2/h4,17,19,23,25,39-40,43-44H,2-3,5-16,18,20-22,24,26-38H2,1H3,(H,47,48)/b19-17+,25-23+/t39-,40+/m0/s1. The quantitative estimate of drug-likeness (QED) is 0.0238. The minimum Gasteiger partial charge on any atom is -0.462 e. The van der Waals surface area contributed by atoms with Crippen LogP contribution >= 0.6 is 7.82 Å². The molecule has 0 aliphatic heterocycles. The van der Waals surface area contributed by atoms with Gasteiger partial charge in [0.25, 0.3) is 0 Å². The minimum atomic E-state index is -4.62. The van der Waals surface area contributed by atoms with E-state index in [1.807, 2.05) is 6.08 Å². The molecule has 0 aromatic rings. The lowest BCUT2D eigenvalue weighted by Gasteiger charge is -2.20. The van der Waals surface area contributed by atoms with E-state index in [9.17, 15) is 24.2 Å². The lowest BCUT2D eigenvalue weighted by molar-refractivity contribution is -0.161. The Balaban J connectivity index is 4.35. The van der Waals surface area contributed by atoms with Crippen molar-refractivity contribution in [2.24, 2.45) is 0 Å². The number of hydrogen-bond acceptors (Lipinski definition) is 9. The third-order valence-electron chi connectivity index (χ3n) is 8.91. The lowest BCUT2D eigenvalue weighted by atomic mass is 10.0. The monoisotopic (exact) mass is 773 g/mol. The summed E-state index contributed by atoms with van der Waals surface area (Å²) in [4.78, 5) is 34.9. The highest BCUT2D eigenvalue weighted by Crippen LogP contribution is 2.43. The van der Waals surface area contributed by atoms with Gasteiger partial charge in [-0.25, -0.2) is 4.57 Å². The van der Waals surface area contributed by atoms with Crippen LogP contribution in [-0.2, 0) is 32.7 Å². The van der Waals surface area contributed by atoms with Crippen LogP contribution in [0.15, 0.2) is 37.0 Å². The van der Waals surface area contributed by atoms with E-state index in [0.717, 1.165) is 51.4 Å². The number of hydrogen-bond donors (Lipinski definition) is 3. The first-order valence-corrected chi connectivity index (χ1v) is 22.4. The van der Waals surface area contributed by atoms with E-state index in [-0.39, 0.29) is 19.4 Å². The Kier molecular flexibility index (Phi) is 37.2. The van der Waals surface area contributed by atoms with Crippen molar-refractivity contribution in [2.75, 3.05) is 26.4 Å². The van der Waals surface area contributed by atoms with Gasteiger partial charge >= 0.3 is 19.8 Å². The molecule has 1 unspecified atom stereocenters. The highest BCUT2D eigenvalue weighted by Gasteiger charge is 2.27. The van der Waals surface area contributed by atoms with Crippen molar-refractivity contribution < 1.29 is 47.8 Å². The van der Waals surface area contributed by atoms with Crippen LogP contribution in [0.25, 0.3) is 0 Å². The van der Waals surface area contributed by atoms with E-state index in [1.54, 1.807) is 0 Å². The van der Waals surface area contributed by atoms with Crippen molar-refractivity contribution in [1.29, 1.82) is 0 Å². The molecular weight excluding hydrogens is 695 g/mol. The van der Waals surface area contributed by atoms with Gasteiger partial charge in [-0.1, -0.05) is 140 Å². The average molecular weight is 773 g/mol. The topological polar surface area (TPSA) is 149 Å². The SMILES string of the molecule is C=CCCCCCCCCCCCCCCCC(=O)O[C@H](COC(=O)CCCC/C=C/C/C=C/CCCCCCCC)COP(=O)(O)OC[C@@H](O)CO. The Morgan fingerprint density at radius 2 is 1.08 bits per heavy atom. The zero-order chi connectivity index (χ0) is 39.1. The maximum Gasteiger partial charge on any atom is 0.472 e. The number of allylic oxidation sites excluding steroid dienone is 5. The van der Waals surface area contributed by atoms with Crippen LogP contribution in [0.5, 0.6) is 0 Å². The van der Waals surface area contributed by atoms with Crippen molar-refractivity contribution in [3.63, 3.8) is 0 Å². The van der Waals surface area contributed by atoms with Crippen LogP contribution in [0.1, 0.15) is 180 Å². The number of carbonyl (C=O) groups excluding carboxylic acids is 2. The molecule has 0 spiro atoms. The molecule has 0 aromatic carbocycles. The fourth-order valence-corrected chi connectivity index (χ4v) is 6.44. The van der Waals surface area contributed by atoms with Gasteiger partial charge in [0.15, 0.2) is 6.10 Å². The first kappa shape index (κ1) is 51.2. The van der Waals surface area contributed by atoms with E-state index in [0.29, 0.717) is 12.8 Å².